The van der Waals surface area contributed by atoms with E-state index < -0.39 is 0 Å². The number of hydrogen-bond donors (Lipinski definition) is 1. The van der Waals surface area contributed by atoms with Gasteiger partial charge in [0.25, 0.3) is 5.91 Å². The van der Waals surface area contributed by atoms with Crippen molar-refractivity contribution in [3.05, 3.63) is 59.2 Å². The van der Waals surface area contributed by atoms with Crippen LogP contribution in [0.25, 0.3) is 0 Å². The van der Waals surface area contributed by atoms with Gasteiger partial charge in [-0.2, -0.15) is 0 Å². The zero-order valence-corrected chi connectivity index (χ0v) is 17.0. The molecule has 6 nitrogen and oxygen atoms in total. The van der Waals surface area contributed by atoms with Gasteiger partial charge in [-0.25, -0.2) is 0 Å². The summed E-state index contributed by atoms with van der Waals surface area (Å²) in [5, 5.41) is 2.94. The van der Waals surface area contributed by atoms with Gasteiger partial charge in [0.2, 0.25) is 0 Å². The quantitative estimate of drug-likeness (QED) is 0.640. The lowest BCUT2D eigenvalue weighted by atomic mass is 10.1. The van der Waals surface area contributed by atoms with Gasteiger partial charge in [-0.3, -0.25) is 9.79 Å². The molecule has 0 heterocycles. The Morgan fingerprint density at radius 1 is 0.964 bits per heavy atom. The molecule has 2 aromatic carbocycles. The summed E-state index contributed by atoms with van der Waals surface area (Å²) in [5.74, 6) is 1.13. The standard InChI is InChI=1S/C22H28N2O4/c1-5-16-6-9-18(10-7-16)21(24-15-26-2)22(25)23-13-12-17-8-11-19(27-3)20(14-17)28-4/h6-11,14H,5,12-13,15H2,1-4H3,(H,23,25). The van der Waals surface area contributed by atoms with E-state index in [1.165, 1.54) is 5.56 Å². The van der Waals surface area contributed by atoms with Crippen LogP contribution in [-0.2, 0) is 22.4 Å². The third kappa shape index (κ3) is 5.82. The highest BCUT2D eigenvalue weighted by molar-refractivity contribution is 6.45. The summed E-state index contributed by atoms with van der Waals surface area (Å²) >= 11 is 0. The molecule has 0 fully saturated rings. The first-order valence-electron chi connectivity index (χ1n) is 9.24. The lowest BCUT2D eigenvalue weighted by molar-refractivity contribution is -0.114. The second-order valence-corrected chi connectivity index (χ2v) is 6.17. The summed E-state index contributed by atoms with van der Waals surface area (Å²) in [6.07, 6.45) is 1.61. The van der Waals surface area contributed by atoms with Gasteiger partial charge < -0.3 is 19.5 Å². The molecule has 0 bridgehead atoms. The zero-order chi connectivity index (χ0) is 20.4. The molecule has 150 valence electrons. The Morgan fingerprint density at radius 2 is 1.64 bits per heavy atom. The molecule has 1 amide bonds. The first kappa shape index (κ1) is 21.4. The predicted octanol–water partition coefficient (Wildman–Crippen LogP) is 3.02. The summed E-state index contributed by atoms with van der Waals surface area (Å²) in [4.78, 5) is 17.0. The predicted molar refractivity (Wildman–Crippen MR) is 110 cm³/mol. The van der Waals surface area contributed by atoms with E-state index in [2.05, 4.69) is 17.2 Å². The van der Waals surface area contributed by atoms with E-state index in [-0.39, 0.29) is 12.6 Å². The van der Waals surface area contributed by atoms with E-state index in [0.29, 0.717) is 30.2 Å². The van der Waals surface area contributed by atoms with Gasteiger partial charge in [-0.1, -0.05) is 37.3 Å². The fourth-order valence-corrected chi connectivity index (χ4v) is 2.76. The molecule has 0 atom stereocenters. The van der Waals surface area contributed by atoms with Gasteiger partial charge in [-0.05, 0) is 36.1 Å². The van der Waals surface area contributed by atoms with E-state index in [1.54, 1.807) is 21.3 Å². The molecule has 0 saturated carbocycles. The van der Waals surface area contributed by atoms with Crippen LogP contribution in [0.4, 0.5) is 0 Å². The Labute approximate surface area is 166 Å². The molecule has 0 aliphatic heterocycles. The number of carbonyl (C=O) groups excluding carboxylic acids is 1. The van der Waals surface area contributed by atoms with Crippen LogP contribution in [0.5, 0.6) is 11.5 Å². The highest BCUT2D eigenvalue weighted by atomic mass is 16.5. The van der Waals surface area contributed by atoms with Gasteiger partial charge in [0, 0.05) is 19.2 Å². The van der Waals surface area contributed by atoms with Crippen molar-refractivity contribution in [3.8, 4) is 11.5 Å². The lowest BCUT2D eigenvalue weighted by Gasteiger charge is -2.11. The Balaban J connectivity index is 2.03. The van der Waals surface area contributed by atoms with E-state index in [1.807, 2.05) is 42.5 Å². The maximum absolute atomic E-state index is 12.7. The minimum atomic E-state index is -0.221. The van der Waals surface area contributed by atoms with Crippen molar-refractivity contribution in [1.82, 2.24) is 5.32 Å². The van der Waals surface area contributed by atoms with Crippen molar-refractivity contribution in [2.45, 2.75) is 19.8 Å². The highest BCUT2D eigenvalue weighted by Gasteiger charge is 2.14. The number of aryl methyl sites for hydroxylation is 1. The molecule has 0 saturated heterocycles. The van der Waals surface area contributed by atoms with Crippen molar-refractivity contribution in [2.75, 3.05) is 34.6 Å². The first-order valence-corrected chi connectivity index (χ1v) is 9.24. The third-order valence-electron chi connectivity index (χ3n) is 4.35. The fourth-order valence-electron chi connectivity index (χ4n) is 2.76. The largest absolute Gasteiger partial charge is 0.493 e. The number of nitrogens with zero attached hydrogens (tertiary/aromatic N) is 1. The van der Waals surface area contributed by atoms with Crippen molar-refractivity contribution < 1.29 is 19.0 Å². The van der Waals surface area contributed by atoms with Crippen LogP contribution in [0, 0.1) is 0 Å². The Kier molecular flexibility index (Phi) is 8.49. The molecule has 0 spiro atoms. The minimum Gasteiger partial charge on any atom is -0.493 e. The van der Waals surface area contributed by atoms with Crippen LogP contribution in [-0.4, -0.2) is 46.2 Å². The van der Waals surface area contributed by atoms with E-state index in [0.717, 1.165) is 17.5 Å². The smallest absolute Gasteiger partial charge is 0.270 e. The Hall–Kier alpha value is -2.86. The van der Waals surface area contributed by atoms with Gasteiger partial charge in [0.15, 0.2) is 11.5 Å². The summed E-state index contributed by atoms with van der Waals surface area (Å²) in [6, 6.07) is 13.6. The molecule has 0 unspecified atom stereocenters. The SMILES string of the molecule is CCc1ccc(C(=NCOC)C(=O)NCCc2ccc(OC)c(OC)c2)cc1. The number of nitrogens with one attached hydrogen (secondary N) is 1. The Morgan fingerprint density at radius 3 is 2.25 bits per heavy atom. The normalized spacial score (nSPS) is 11.2. The summed E-state index contributed by atoms with van der Waals surface area (Å²) in [6.45, 7) is 2.71. The van der Waals surface area contributed by atoms with Gasteiger partial charge in [-0.15, -0.1) is 0 Å². The second-order valence-electron chi connectivity index (χ2n) is 6.17. The number of amides is 1. The highest BCUT2D eigenvalue weighted by Crippen LogP contribution is 2.27. The molecule has 2 rings (SSSR count). The summed E-state index contributed by atoms with van der Waals surface area (Å²) < 4.78 is 15.6. The second kappa shape index (κ2) is 11.1. The molecule has 1 N–H and O–H groups in total. The van der Waals surface area contributed by atoms with Crippen LogP contribution < -0.4 is 14.8 Å². The minimum absolute atomic E-state index is 0.133. The van der Waals surface area contributed by atoms with Crippen molar-refractivity contribution in [1.29, 1.82) is 0 Å². The molecule has 6 heteroatoms. The Bertz CT molecular complexity index is 801. The van der Waals surface area contributed by atoms with Crippen LogP contribution in [0.2, 0.25) is 0 Å². The van der Waals surface area contributed by atoms with Crippen molar-refractivity contribution in [3.63, 3.8) is 0 Å². The van der Waals surface area contributed by atoms with Gasteiger partial charge in [0.05, 0.1) is 14.2 Å². The van der Waals surface area contributed by atoms with Crippen molar-refractivity contribution in [2.24, 2.45) is 4.99 Å². The number of methoxy groups -OCH3 is 3. The summed E-state index contributed by atoms with van der Waals surface area (Å²) in [5.41, 5.74) is 3.40. The monoisotopic (exact) mass is 384 g/mol. The first-order chi connectivity index (χ1) is 13.6. The molecule has 2 aromatic rings. The number of ether oxygens (including phenoxy) is 3. The average Bonchev–Trinajstić information content (AvgIpc) is 2.74. The van der Waals surface area contributed by atoms with Gasteiger partial charge in [0.1, 0.15) is 12.4 Å². The molecule has 0 aliphatic carbocycles. The number of rotatable bonds is 10. The van der Waals surface area contributed by atoms with Crippen LogP contribution in [0.15, 0.2) is 47.5 Å². The molecule has 0 radical (unpaired) electrons. The van der Waals surface area contributed by atoms with Crippen molar-refractivity contribution >= 4 is 11.6 Å². The number of benzene rings is 2. The zero-order valence-electron chi connectivity index (χ0n) is 17.0. The molecular weight excluding hydrogens is 356 g/mol. The number of aliphatic imine (C=N–C) groups is 1. The maximum atomic E-state index is 12.7. The molecule has 0 aromatic heterocycles. The maximum Gasteiger partial charge on any atom is 0.270 e. The molecule has 0 aliphatic rings. The summed E-state index contributed by atoms with van der Waals surface area (Å²) in [7, 11) is 4.76. The lowest BCUT2D eigenvalue weighted by Crippen LogP contribution is -2.33. The average molecular weight is 384 g/mol. The molecule has 28 heavy (non-hydrogen) atoms. The van der Waals surface area contributed by atoms with E-state index in [9.17, 15) is 4.79 Å². The molecular formula is C22H28N2O4. The van der Waals surface area contributed by atoms with E-state index in [4.69, 9.17) is 14.2 Å². The fraction of sp³-hybridized carbons (Fsp3) is 0.364. The van der Waals surface area contributed by atoms with Crippen LogP contribution >= 0.6 is 0 Å². The third-order valence-corrected chi connectivity index (χ3v) is 4.35. The van der Waals surface area contributed by atoms with Crippen LogP contribution in [0.1, 0.15) is 23.6 Å². The number of carbonyl (C=O) groups is 1. The van der Waals surface area contributed by atoms with Gasteiger partial charge >= 0.3 is 0 Å². The van der Waals surface area contributed by atoms with E-state index >= 15 is 0 Å². The van der Waals surface area contributed by atoms with Crippen LogP contribution in [0.3, 0.4) is 0 Å². The topological polar surface area (TPSA) is 69.2 Å². The number of hydrogen-bond acceptors (Lipinski definition) is 5.